The van der Waals surface area contributed by atoms with Gasteiger partial charge in [-0.15, -0.1) is 12.4 Å². The molecule has 2 unspecified atom stereocenters. The highest BCUT2D eigenvalue weighted by Gasteiger charge is 2.24. The van der Waals surface area contributed by atoms with Crippen LogP contribution in [-0.4, -0.2) is 36.3 Å². The van der Waals surface area contributed by atoms with Crippen LogP contribution in [0.1, 0.15) is 18.9 Å². The van der Waals surface area contributed by atoms with Crippen molar-refractivity contribution in [1.82, 2.24) is 4.90 Å². The summed E-state index contributed by atoms with van der Waals surface area (Å²) in [7, 11) is 0. The third kappa shape index (κ3) is 5.74. The van der Waals surface area contributed by atoms with Crippen LogP contribution in [0.3, 0.4) is 0 Å². The maximum Gasteiger partial charge on any atom is 0.0185 e. The van der Waals surface area contributed by atoms with Crippen molar-refractivity contribution in [2.24, 2.45) is 11.7 Å². The van der Waals surface area contributed by atoms with E-state index in [1.54, 1.807) is 0 Å². The minimum Gasteiger partial charge on any atom is -0.328 e. The first-order chi connectivity index (χ1) is 8.75. The first-order valence-electron chi connectivity index (χ1n) is 6.85. The lowest BCUT2D eigenvalue weighted by molar-refractivity contribution is 0.334. The smallest absolute Gasteiger partial charge is 0.0185 e. The van der Waals surface area contributed by atoms with E-state index in [0.29, 0.717) is 12.0 Å². The number of benzene rings is 1. The first kappa shape index (κ1) is 16.8. The molecular weight excluding hydrogens is 276 g/mol. The molecule has 1 saturated heterocycles. The molecular formula is C15H25ClN2S. The highest BCUT2D eigenvalue weighted by atomic mass is 35.5. The molecule has 0 spiro atoms. The molecule has 0 aromatic heterocycles. The Hall–Kier alpha value is -0.220. The molecule has 1 aromatic rings. The van der Waals surface area contributed by atoms with Crippen LogP contribution in [0.4, 0.5) is 0 Å². The summed E-state index contributed by atoms with van der Waals surface area (Å²) in [6, 6.07) is 11.1. The lowest BCUT2D eigenvalue weighted by Gasteiger charge is -2.17. The average molecular weight is 301 g/mol. The third-order valence-electron chi connectivity index (χ3n) is 3.72. The molecule has 1 heterocycles. The SMILES string of the molecule is CC(N)C1CCN(CCSCc2ccccc2)C1.Cl. The van der Waals surface area contributed by atoms with Gasteiger partial charge in [0.2, 0.25) is 0 Å². The summed E-state index contributed by atoms with van der Waals surface area (Å²) in [5, 5.41) is 0. The molecule has 1 aromatic carbocycles. The van der Waals surface area contributed by atoms with E-state index in [1.165, 1.54) is 37.4 Å². The Morgan fingerprint density at radius 2 is 2.11 bits per heavy atom. The van der Waals surface area contributed by atoms with E-state index >= 15 is 0 Å². The molecule has 0 radical (unpaired) electrons. The summed E-state index contributed by atoms with van der Waals surface area (Å²) in [5.41, 5.74) is 7.39. The molecule has 2 atom stereocenters. The van der Waals surface area contributed by atoms with Gasteiger partial charge in [-0.1, -0.05) is 30.3 Å². The molecule has 1 aliphatic rings. The Labute approximate surface area is 127 Å². The summed E-state index contributed by atoms with van der Waals surface area (Å²) in [6.45, 7) is 5.78. The lowest BCUT2D eigenvalue weighted by Crippen LogP contribution is -2.30. The molecule has 0 saturated carbocycles. The number of hydrogen-bond donors (Lipinski definition) is 1. The van der Waals surface area contributed by atoms with Crippen molar-refractivity contribution in [2.45, 2.75) is 25.1 Å². The maximum atomic E-state index is 5.96. The number of nitrogens with zero attached hydrogens (tertiary/aromatic N) is 1. The number of halogens is 1. The van der Waals surface area contributed by atoms with Gasteiger partial charge < -0.3 is 10.6 Å². The Morgan fingerprint density at radius 3 is 2.74 bits per heavy atom. The van der Waals surface area contributed by atoms with Gasteiger partial charge in [0, 0.05) is 30.6 Å². The zero-order valence-corrected chi connectivity index (χ0v) is 13.3. The maximum absolute atomic E-state index is 5.96. The van der Waals surface area contributed by atoms with Crippen LogP contribution in [0.25, 0.3) is 0 Å². The van der Waals surface area contributed by atoms with Crippen LogP contribution in [0.5, 0.6) is 0 Å². The Morgan fingerprint density at radius 1 is 1.37 bits per heavy atom. The summed E-state index contributed by atoms with van der Waals surface area (Å²) in [6.07, 6.45) is 1.28. The normalized spacial score (nSPS) is 21.1. The van der Waals surface area contributed by atoms with Crippen molar-refractivity contribution in [2.75, 3.05) is 25.4 Å². The zero-order valence-electron chi connectivity index (χ0n) is 11.6. The molecule has 0 aliphatic carbocycles. The van der Waals surface area contributed by atoms with Gasteiger partial charge in [-0.05, 0) is 31.4 Å². The van der Waals surface area contributed by atoms with E-state index in [0.717, 1.165) is 5.75 Å². The predicted molar refractivity (Wildman–Crippen MR) is 88.0 cm³/mol. The molecule has 19 heavy (non-hydrogen) atoms. The second-order valence-electron chi connectivity index (χ2n) is 5.25. The van der Waals surface area contributed by atoms with Crippen LogP contribution in [-0.2, 0) is 5.75 Å². The van der Waals surface area contributed by atoms with Gasteiger partial charge in [0.05, 0.1) is 0 Å². The second-order valence-corrected chi connectivity index (χ2v) is 6.35. The minimum absolute atomic E-state index is 0. The highest BCUT2D eigenvalue weighted by molar-refractivity contribution is 7.98. The van der Waals surface area contributed by atoms with Gasteiger partial charge in [-0.25, -0.2) is 0 Å². The largest absolute Gasteiger partial charge is 0.328 e. The van der Waals surface area contributed by atoms with E-state index in [-0.39, 0.29) is 12.4 Å². The van der Waals surface area contributed by atoms with Crippen molar-refractivity contribution in [3.63, 3.8) is 0 Å². The van der Waals surface area contributed by atoms with E-state index < -0.39 is 0 Å². The summed E-state index contributed by atoms with van der Waals surface area (Å²) >= 11 is 2.03. The van der Waals surface area contributed by atoms with Gasteiger partial charge in [0.15, 0.2) is 0 Å². The zero-order chi connectivity index (χ0) is 12.8. The van der Waals surface area contributed by atoms with Crippen LogP contribution in [0, 0.1) is 5.92 Å². The quantitative estimate of drug-likeness (QED) is 0.819. The Kier molecular flexibility index (Phi) is 7.84. The third-order valence-corrected chi connectivity index (χ3v) is 4.72. The molecule has 1 aliphatic heterocycles. The standard InChI is InChI=1S/C15H24N2S.ClH/c1-13(16)15-7-8-17(11-15)9-10-18-12-14-5-3-2-4-6-14;/h2-6,13,15H,7-12,16H2,1H3;1H. The minimum atomic E-state index is 0. The van der Waals surface area contributed by atoms with E-state index in [9.17, 15) is 0 Å². The fourth-order valence-corrected chi connectivity index (χ4v) is 3.41. The van der Waals surface area contributed by atoms with Crippen molar-refractivity contribution in [3.8, 4) is 0 Å². The Bertz CT molecular complexity index is 345. The van der Waals surface area contributed by atoms with Crippen LogP contribution in [0.15, 0.2) is 30.3 Å². The monoisotopic (exact) mass is 300 g/mol. The number of thioether (sulfide) groups is 1. The van der Waals surface area contributed by atoms with E-state index in [4.69, 9.17) is 5.73 Å². The van der Waals surface area contributed by atoms with E-state index in [1.807, 2.05) is 11.8 Å². The van der Waals surface area contributed by atoms with Crippen LogP contribution in [0.2, 0.25) is 0 Å². The van der Waals surface area contributed by atoms with Crippen LogP contribution < -0.4 is 5.73 Å². The predicted octanol–water partition coefficient (Wildman–Crippen LogP) is 3.01. The molecule has 2 nitrogen and oxygen atoms in total. The molecule has 0 amide bonds. The fourth-order valence-electron chi connectivity index (χ4n) is 2.45. The second kappa shape index (κ2) is 8.85. The summed E-state index contributed by atoms with van der Waals surface area (Å²) in [5.74, 6) is 3.07. The first-order valence-corrected chi connectivity index (χ1v) is 8.01. The molecule has 1 fully saturated rings. The summed E-state index contributed by atoms with van der Waals surface area (Å²) < 4.78 is 0. The van der Waals surface area contributed by atoms with Gasteiger partial charge in [0.25, 0.3) is 0 Å². The number of nitrogens with two attached hydrogens (primary N) is 1. The van der Waals surface area contributed by atoms with E-state index in [2.05, 4.69) is 42.2 Å². The lowest BCUT2D eigenvalue weighted by atomic mass is 10.0. The number of rotatable bonds is 6. The average Bonchev–Trinajstić information content (AvgIpc) is 2.85. The molecule has 108 valence electrons. The topological polar surface area (TPSA) is 29.3 Å². The van der Waals surface area contributed by atoms with Gasteiger partial charge in [-0.3, -0.25) is 0 Å². The summed E-state index contributed by atoms with van der Waals surface area (Å²) in [4.78, 5) is 2.56. The molecule has 2 rings (SSSR count). The van der Waals surface area contributed by atoms with Crippen molar-refractivity contribution in [3.05, 3.63) is 35.9 Å². The van der Waals surface area contributed by atoms with Crippen LogP contribution >= 0.6 is 24.2 Å². The van der Waals surface area contributed by atoms with Gasteiger partial charge in [0.1, 0.15) is 0 Å². The fraction of sp³-hybridized carbons (Fsp3) is 0.600. The number of hydrogen-bond acceptors (Lipinski definition) is 3. The highest BCUT2D eigenvalue weighted by Crippen LogP contribution is 2.19. The van der Waals surface area contributed by atoms with Crippen molar-refractivity contribution >= 4 is 24.2 Å². The Balaban J connectivity index is 0.00000180. The van der Waals surface area contributed by atoms with Gasteiger partial charge >= 0.3 is 0 Å². The molecule has 4 heteroatoms. The van der Waals surface area contributed by atoms with Crippen molar-refractivity contribution < 1.29 is 0 Å². The molecule has 0 bridgehead atoms. The number of likely N-dealkylation sites (tertiary alicyclic amines) is 1. The van der Waals surface area contributed by atoms with Crippen molar-refractivity contribution in [1.29, 1.82) is 0 Å². The molecule has 2 N–H and O–H groups in total. The van der Waals surface area contributed by atoms with Gasteiger partial charge in [-0.2, -0.15) is 11.8 Å².